The largest absolute Gasteiger partial charge is 0.459 e. The lowest BCUT2D eigenvalue weighted by Crippen LogP contribution is -2.34. The molecule has 1 aliphatic carbocycles. The highest BCUT2D eigenvalue weighted by Crippen LogP contribution is 2.48. The summed E-state index contributed by atoms with van der Waals surface area (Å²) in [6.07, 6.45) is -1.78. The van der Waals surface area contributed by atoms with Gasteiger partial charge < -0.3 is 4.57 Å². The molecular formula is C22H17F5N6OS. The van der Waals surface area contributed by atoms with Gasteiger partial charge >= 0.3 is 12.1 Å². The Hall–Kier alpha value is -3.40. The SMILES string of the molecule is CCS(=O)c1c(-c2nc3cc(C(F)(F)C(F)(F)F)ncc3n2C)nc2cc(C3(C#N)CC3)ccn12. The molecule has 4 heterocycles. The summed E-state index contributed by atoms with van der Waals surface area (Å²) in [6.45, 7) is 1.72. The van der Waals surface area contributed by atoms with E-state index in [1.165, 1.54) is 11.6 Å². The summed E-state index contributed by atoms with van der Waals surface area (Å²) >= 11 is 0. The van der Waals surface area contributed by atoms with Crippen molar-refractivity contribution < 1.29 is 26.2 Å². The normalized spacial score (nSPS) is 16.5. The molecule has 0 saturated heterocycles. The molecule has 0 aromatic carbocycles. The topological polar surface area (TPSA) is 88.9 Å². The second kappa shape index (κ2) is 7.55. The van der Waals surface area contributed by atoms with Crippen molar-refractivity contribution in [3.63, 3.8) is 0 Å². The number of nitrogens with zero attached hydrogens (tertiary/aromatic N) is 6. The molecule has 4 aromatic heterocycles. The van der Waals surface area contributed by atoms with Crippen LogP contribution in [0.3, 0.4) is 0 Å². The predicted octanol–water partition coefficient (Wildman–Crippen LogP) is 4.62. The van der Waals surface area contributed by atoms with E-state index in [9.17, 15) is 31.4 Å². The number of imidazole rings is 2. The number of rotatable bonds is 5. The first-order chi connectivity index (χ1) is 16.4. The Morgan fingerprint density at radius 2 is 1.91 bits per heavy atom. The maximum atomic E-state index is 13.8. The quantitative estimate of drug-likeness (QED) is 0.367. The third kappa shape index (κ3) is 3.42. The van der Waals surface area contributed by atoms with E-state index in [1.54, 1.807) is 29.7 Å². The van der Waals surface area contributed by atoms with E-state index in [4.69, 9.17) is 0 Å². The Morgan fingerprint density at radius 1 is 1.20 bits per heavy atom. The molecule has 0 radical (unpaired) electrons. The van der Waals surface area contributed by atoms with E-state index >= 15 is 0 Å². The van der Waals surface area contributed by atoms with E-state index in [-0.39, 0.29) is 28.3 Å². The van der Waals surface area contributed by atoms with Crippen LogP contribution in [0.2, 0.25) is 0 Å². The van der Waals surface area contributed by atoms with Gasteiger partial charge in [0.25, 0.3) is 0 Å². The summed E-state index contributed by atoms with van der Waals surface area (Å²) in [5, 5.41) is 9.83. The fraction of sp³-hybridized carbons (Fsp3) is 0.364. The minimum atomic E-state index is -5.81. The molecule has 1 saturated carbocycles. The van der Waals surface area contributed by atoms with Gasteiger partial charge in [-0.25, -0.2) is 9.97 Å². The molecule has 13 heteroatoms. The molecule has 7 nitrogen and oxygen atoms in total. The second-order valence-electron chi connectivity index (χ2n) is 8.36. The number of hydrogen-bond donors (Lipinski definition) is 0. The van der Waals surface area contributed by atoms with Crippen LogP contribution in [0.25, 0.3) is 28.2 Å². The molecule has 4 aromatic rings. The first-order valence-electron chi connectivity index (χ1n) is 10.5. The van der Waals surface area contributed by atoms with Gasteiger partial charge in [-0.15, -0.1) is 0 Å². The van der Waals surface area contributed by atoms with Gasteiger partial charge in [0.1, 0.15) is 22.1 Å². The molecular weight excluding hydrogens is 491 g/mol. The number of alkyl halides is 5. The van der Waals surface area contributed by atoms with E-state index in [0.29, 0.717) is 16.7 Å². The Balaban J connectivity index is 1.71. The van der Waals surface area contributed by atoms with Crippen LogP contribution in [-0.4, -0.2) is 40.1 Å². The zero-order chi connectivity index (χ0) is 25.3. The van der Waals surface area contributed by atoms with Gasteiger partial charge in [0.15, 0.2) is 5.82 Å². The number of hydrogen-bond acceptors (Lipinski definition) is 5. The van der Waals surface area contributed by atoms with Crippen molar-refractivity contribution in [2.45, 2.75) is 42.3 Å². The van der Waals surface area contributed by atoms with Gasteiger partial charge in [-0.05, 0) is 36.6 Å². The second-order valence-corrected chi connectivity index (χ2v) is 10.0. The zero-order valence-electron chi connectivity index (χ0n) is 18.4. The average molecular weight is 508 g/mol. The highest BCUT2D eigenvalue weighted by Gasteiger charge is 2.60. The van der Waals surface area contributed by atoms with Crippen molar-refractivity contribution >= 4 is 27.5 Å². The zero-order valence-corrected chi connectivity index (χ0v) is 19.2. The van der Waals surface area contributed by atoms with Gasteiger partial charge in [0.05, 0.1) is 39.5 Å². The molecule has 0 amide bonds. The van der Waals surface area contributed by atoms with Crippen LogP contribution < -0.4 is 0 Å². The average Bonchev–Trinajstić information content (AvgIpc) is 3.44. The van der Waals surface area contributed by atoms with Gasteiger partial charge in [-0.1, -0.05) is 6.92 Å². The van der Waals surface area contributed by atoms with Crippen LogP contribution in [0.15, 0.2) is 35.6 Å². The van der Waals surface area contributed by atoms with E-state index < -0.39 is 34.0 Å². The summed E-state index contributed by atoms with van der Waals surface area (Å²) in [7, 11) is 0.0163. The van der Waals surface area contributed by atoms with E-state index in [0.717, 1.165) is 24.6 Å². The lowest BCUT2D eigenvalue weighted by molar-refractivity contribution is -0.290. The molecule has 1 unspecified atom stereocenters. The molecule has 35 heavy (non-hydrogen) atoms. The van der Waals surface area contributed by atoms with E-state index in [2.05, 4.69) is 21.0 Å². The number of pyridine rings is 2. The van der Waals surface area contributed by atoms with Crippen LogP contribution in [0.5, 0.6) is 0 Å². The maximum absolute atomic E-state index is 13.8. The van der Waals surface area contributed by atoms with Crippen molar-refractivity contribution in [2.24, 2.45) is 7.05 Å². The van der Waals surface area contributed by atoms with Crippen LogP contribution in [-0.2, 0) is 29.2 Å². The molecule has 0 bridgehead atoms. The molecule has 1 fully saturated rings. The first kappa shape index (κ1) is 23.3. The molecule has 5 rings (SSSR count). The number of halogens is 5. The number of fused-ring (bicyclic) bond motifs is 2. The third-order valence-electron chi connectivity index (χ3n) is 6.23. The highest BCUT2D eigenvalue weighted by atomic mass is 32.2. The molecule has 182 valence electrons. The smallest absolute Gasteiger partial charge is 0.324 e. The molecule has 0 aliphatic heterocycles. The predicted molar refractivity (Wildman–Crippen MR) is 116 cm³/mol. The maximum Gasteiger partial charge on any atom is 0.459 e. The first-order valence-corrected chi connectivity index (χ1v) is 11.9. The molecule has 1 atom stereocenters. The van der Waals surface area contributed by atoms with Gasteiger partial charge in [0, 0.05) is 19.0 Å². The molecule has 1 aliphatic rings. The lowest BCUT2D eigenvalue weighted by Gasteiger charge is -2.18. The van der Waals surface area contributed by atoms with Crippen molar-refractivity contribution in [3.8, 4) is 17.6 Å². The van der Waals surface area contributed by atoms with Gasteiger partial charge in [0.2, 0.25) is 0 Å². The summed E-state index contributed by atoms with van der Waals surface area (Å²) in [6, 6.07) is 6.42. The van der Waals surface area contributed by atoms with Crippen LogP contribution in [0, 0.1) is 11.3 Å². The number of nitriles is 1. The fourth-order valence-electron chi connectivity index (χ4n) is 4.03. The summed E-state index contributed by atoms with van der Waals surface area (Å²) < 4.78 is 82.2. The highest BCUT2D eigenvalue weighted by molar-refractivity contribution is 7.85. The standard InChI is InChI=1S/C22H17F5N6OS/c1-3-35(34)19-17(31-16-8-12(4-7-33(16)19)20(11-28)5-6-20)18-30-13-9-15(21(23,24)22(25,26)27)29-10-14(13)32(18)2/h4,7-10H,3,5-6H2,1-2H3. The Labute approximate surface area is 197 Å². The molecule has 0 spiro atoms. The van der Waals surface area contributed by atoms with Crippen molar-refractivity contribution in [1.82, 2.24) is 23.9 Å². The lowest BCUT2D eigenvalue weighted by atomic mass is 9.99. The third-order valence-corrected chi connectivity index (χ3v) is 7.58. The van der Waals surface area contributed by atoms with Crippen LogP contribution in [0.4, 0.5) is 22.0 Å². The van der Waals surface area contributed by atoms with Gasteiger partial charge in [-0.3, -0.25) is 13.6 Å². The minimum absolute atomic E-state index is 0.135. The Kier molecular flexibility index (Phi) is 5.03. The number of aryl methyl sites for hydroxylation is 1. The van der Waals surface area contributed by atoms with Gasteiger partial charge in [-0.2, -0.15) is 27.2 Å². The van der Waals surface area contributed by atoms with Crippen LogP contribution >= 0.6 is 0 Å². The molecule has 0 N–H and O–H groups in total. The number of aromatic nitrogens is 5. The van der Waals surface area contributed by atoms with E-state index in [1.807, 2.05) is 0 Å². The van der Waals surface area contributed by atoms with Crippen molar-refractivity contribution in [1.29, 1.82) is 5.26 Å². The Morgan fingerprint density at radius 3 is 2.51 bits per heavy atom. The summed E-state index contributed by atoms with van der Waals surface area (Å²) in [5.74, 6) is -4.76. The van der Waals surface area contributed by atoms with Crippen LogP contribution in [0.1, 0.15) is 31.0 Å². The van der Waals surface area contributed by atoms with Crippen molar-refractivity contribution in [2.75, 3.05) is 5.75 Å². The fourth-order valence-corrected chi connectivity index (χ4v) is 5.03. The monoisotopic (exact) mass is 508 g/mol. The summed E-state index contributed by atoms with van der Waals surface area (Å²) in [4.78, 5) is 12.2. The van der Waals surface area contributed by atoms with Crippen molar-refractivity contribution in [3.05, 3.63) is 41.9 Å². The minimum Gasteiger partial charge on any atom is -0.324 e. The summed E-state index contributed by atoms with van der Waals surface area (Å²) in [5.41, 5.74) is -0.562. The Bertz CT molecular complexity index is 1560.